The summed E-state index contributed by atoms with van der Waals surface area (Å²) >= 11 is 0. The minimum atomic E-state index is -1.02. The van der Waals surface area contributed by atoms with Gasteiger partial charge in [0.25, 0.3) is 0 Å². The standard InChI is InChI=1S/C29H40F2N4O2.C28H36F2N2O3.CH6N2/c1-19(36)34-26(15-20-13-23(30)17-24(31)14-20)27(37)18-33-29(11-9-25(10-12-29)35-32-5)22-8-6-7-21(16-22)28(2,3)4;1-18(33)32-25(14-19-12-22(29)16-23(30)13-19)26(35)17-31-28(10-8-24(34)9-11-28)21-7-5-6-20(15-21)27(2,3)4;1-3-2/h6-8,13-14,16-17,26-27,32-33,37H,9-12,15,18H2,1-5H3,(H,34,36);5-7,12-13,15-16,25-26,31,35H,8-11,14,17H2,1-4H3,(H,32,33);3H,2H2,1H3/t26-,27+,29?;25-,26+;/m00./s1. The van der Waals surface area contributed by atoms with Gasteiger partial charge >= 0.3 is 0 Å². The highest BCUT2D eigenvalue weighted by atomic mass is 19.1. The molecule has 0 saturated heterocycles. The van der Waals surface area contributed by atoms with Gasteiger partial charge in [-0.25, -0.2) is 17.6 Å². The second kappa shape index (κ2) is 28.0. The van der Waals surface area contributed by atoms with E-state index in [1.807, 2.05) is 12.1 Å². The van der Waals surface area contributed by atoms with Crippen LogP contribution in [0.25, 0.3) is 0 Å². The highest BCUT2D eigenvalue weighted by molar-refractivity contribution is 5.85. The third-order valence-corrected chi connectivity index (χ3v) is 13.9. The van der Waals surface area contributed by atoms with Crippen LogP contribution in [0.15, 0.2) is 90.0 Å². The summed E-state index contributed by atoms with van der Waals surface area (Å²) in [5.74, 6) is 1.35. The van der Waals surface area contributed by atoms with Crippen LogP contribution in [0.5, 0.6) is 0 Å². The van der Waals surface area contributed by atoms with Crippen LogP contribution in [0.3, 0.4) is 0 Å². The first-order valence-corrected chi connectivity index (χ1v) is 25.8. The lowest BCUT2D eigenvalue weighted by atomic mass is 9.74. The number of halogens is 4. The van der Waals surface area contributed by atoms with Gasteiger partial charge in [0.1, 0.15) is 29.1 Å². The van der Waals surface area contributed by atoms with Gasteiger partial charge in [0.2, 0.25) is 11.8 Å². The maximum Gasteiger partial charge on any atom is 0.217 e. The first-order chi connectivity index (χ1) is 35.2. The monoisotopic (exact) mass is 1050 g/mol. The second-order valence-corrected chi connectivity index (χ2v) is 22.0. The van der Waals surface area contributed by atoms with E-state index in [1.165, 1.54) is 49.2 Å². The topological polar surface area (TPSA) is 202 Å². The van der Waals surface area contributed by atoms with Gasteiger partial charge in [0.15, 0.2) is 0 Å². The predicted molar refractivity (Wildman–Crippen MR) is 289 cm³/mol. The number of aliphatic hydroxyl groups excluding tert-OH is 2. The molecule has 2 aliphatic rings. The van der Waals surface area contributed by atoms with Crippen molar-refractivity contribution in [3.05, 3.63) is 142 Å². The maximum absolute atomic E-state index is 13.8. The first kappa shape index (κ1) is 62.0. The van der Waals surface area contributed by atoms with E-state index in [4.69, 9.17) is 0 Å². The van der Waals surface area contributed by atoms with Crippen molar-refractivity contribution in [2.24, 2.45) is 10.9 Å². The Morgan fingerprint density at radius 1 is 0.613 bits per heavy atom. The summed E-state index contributed by atoms with van der Waals surface area (Å²) in [6.07, 6.45) is 3.48. The number of rotatable bonds is 17. The second-order valence-electron chi connectivity index (χ2n) is 22.0. The molecular formula is C58H82F4N8O5. The van der Waals surface area contributed by atoms with E-state index in [1.54, 1.807) is 14.1 Å². The minimum absolute atomic E-state index is 0.0130. The van der Waals surface area contributed by atoms with Crippen molar-refractivity contribution in [1.29, 1.82) is 0 Å². The number of nitrogens with zero attached hydrogens (tertiary/aromatic N) is 1. The summed E-state index contributed by atoms with van der Waals surface area (Å²) in [5.41, 5.74) is 10.6. The van der Waals surface area contributed by atoms with Gasteiger partial charge in [0, 0.05) is 75.7 Å². The molecule has 2 saturated carbocycles. The van der Waals surface area contributed by atoms with Crippen molar-refractivity contribution >= 4 is 23.3 Å². The molecule has 2 aliphatic carbocycles. The zero-order valence-electron chi connectivity index (χ0n) is 45.5. The van der Waals surface area contributed by atoms with Crippen molar-refractivity contribution < 1.29 is 42.2 Å². The summed E-state index contributed by atoms with van der Waals surface area (Å²) in [7, 11) is 3.45. The van der Waals surface area contributed by atoms with E-state index in [2.05, 4.69) is 121 Å². The number of carbonyl (C=O) groups excluding carboxylic acids is 3. The highest BCUT2D eigenvalue weighted by Crippen LogP contribution is 2.40. The summed E-state index contributed by atoms with van der Waals surface area (Å²) in [4.78, 5) is 35.8. The number of hydrazine groups is 1. The Kier molecular flexibility index (Phi) is 23.1. The fraction of sp³-hybridized carbons (Fsp3) is 0.517. The fourth-order valence-corrected chi connectivity index (χ4v) is 9.83. The molecule has 4 aromatic rings. The van der Waals surface area contributed by atoms with Crippen LogP contribution in [-0.2, 0) is 49.1 Å². The third kappa shape index (κ3) is 19.2. The predicted octanol–water partition coefficient (Wildman–Crippen LogP) is 7.68. The number of amides is 2. The van der Waals surface area contributed by atoms with Gasteiger partial charge in [-0.15, -0.1) is 0 Å². The molecule has 2 fully saturated rings. The normalized spacial score (nSPS) is 18.2. The van der Waals surface area contributed by atoms with Gasteiger partial charge < -0.3 is 36.9 Å². The first-order valence-electron chi connectivity index (χ1n) is 25.8. The zero-order chi connectivity index (χ0) is 55.7. The number of hydrogen-bond donors (Lipinski definition) is 9. The molecular weight excluding hydrogens is 965 g/mol. The number of aliphatic hydroxyl groups is 2. The quantitative estimate of drug-likeness (QED) is 0.0287. The summed E-state index contributed by atoms with van der Waals surface area (Å²) in [5, 5.41) is 39.2. The molecule has 4 aromatic carbocycles. The molecule has 13 nitrogen and oxygen atoms in total. The molecule has 0 unspecified atom stereocenters. The van der Waals surface area contributed by atoms with E-state index >= 15 is 0 Å². The molecule has 0 aliphatic heterocycles. The number of hydrazone groups is 1. The van der Waals surface area contributed by atoms with Gasteiger partial charge in [0.05, 0.1) is 24.3 Å². The molecule has 0 spiro atoms. The highest BCUT2D eigenvalue weighted by Gasteiger charge is 2.39. The van der Waals surface area contributed by atoms with Crippen molar-refractivity contribution in [1.82, 2.24) is 32.1 Å². The van der Waals surface area contributed by atoms with Crippen LogP contribution < -0.4 is 38.0 Å². The molecule has 0 aromatic heterocycles. The van der Waals surface area contributed by atoms with Crippen LogP contribution in [-0.4, -0.2) is 85.0 Å². The zero-order valence-corrected chi connectivity index (χ0v) is 45.5. The molecule has 0 bridgehead atoms. The summed E-state index contributed by atoms with van der Waals surface area (Å²) < 4.78 is 54.9. The van der Waals surface area contributed by atoms with Gasteiger partial charge in [-0.2, -0.15) is 5.10 Å². The Morgan fingerprint density at radius 3 is 1.28 bits per heavy atom. The smallest absolute Gasteiger partial charge is 0.217 e. The number of nitrogens with two attached hydrogens (primary N) is 1. The van der Waals surface area contributed by atoms with Crippen molar-refractivity contribution in [2.75, 3.05) is 27.2 Å². The van der Waals surface area contributed by atoms with Crippen molar-refractivity contribution in [3.63, 3.8) is 0 Å². The number of Topliss-reactive ketones (excluding diaryl/α,β-unsaturated/α-hetero) is 1. The fourth-order valence-electron chi connectivity index (χ4n) is 9.83. The van der Waals surface area contributed by atoms with E-state index in [0.29, 0.717) is 36.8 Å². The van der Waals surface area contributed by atoms with E-state index < -0.39 is 53.1 Å². The third-order valence-electron chi connectivity index (χ3n) is 13.9. The Bertz CT molecular complexity index is 2490. The molecule has 17 heteroatoms. The van der Waals surface area contributed by atoms with Gasteiger partial charge in [-0.05, 0) is 127 Å². The lowest BCUT2D eigenvalue weighted by Crippen LogP contribution is -2.53. The molecule has 6 rings (SSSR count). The number of ketones is 1. The molecule has 0 heterocycles. The number of hydrogen-bond acceptors (Lipinski definition) is 11. The van der Waals surface area contributed by atoms with Crippen molar-refractivity contribution in [2.45, 2.75) is 166 Å². The average molecular weight is 1050 g/mol. The molecule has 0 radical (unpaired) electrons. The Morgan fingerprint density at radius 2 is 0.960 bits per heavy atom. The van der Waals surface area contributed by atoms with Crippen LogP contribution >= 0.6 is 0 Å². The lowest BCUT2D eigenvalue weighted by Gasteiger charge is -2.41. The number of carbonyl (C=O) groups is 3. The van der Waals surface area contributed by atoms with E-state index in [0.717, 1.165) is 54.7 Å². The van der Waals surface area contributed by atoms with Crippen LogP contribution in [0.2, 0.25) is 0 Å². The summed E-state index contributed by atoms with van der Waals surface area (Å²) in [6.45, 7) is 16.0. The Hall–Kier alpha value is -5.56. The SMILES string of the molecule is CC(=O)N[C@@H](Cc1cc(F)cc(F)c1)[C@H](O)CNC1(c2cccc(C(C)(C)C)c2)CCC(=O)CC1.CNN.CNN=C1CCC(NC[C@@H](O)[C@H](Cc2cc(F)cc(F)c2)NC(C)=O)(c2cccc(C(C)(C)C)c2)CC1. The van der Waals surface area contributed by atoms with E-state index in [9.17, 15) is 42.2 Å². The average Bonchev–Trinajstić information content (AvgIpc) is 3.32. The van der Waals surface area contributed by atoms with Gasteiger partial charge in [-0.3, -0.25) is 25.7 Å². The van der Waals surface area contributed by atoms with Crippen LogP contribution in [0.4, 0.5) is 17.6 Å². The Labute approximate surface area is 441 Å². The molecule has 2 amide bonds. The van der Waals surface area contributed by atoms with Crippen LogP contribution in [0.1, 0.15) is 140 Å². The van der Waals surface area contributed by atoms with E-state index in [-0.39, 0.29) is 59.9 Å². The molecule has 10 N–H and O–H groups in total. The van der Waals surface area contributed by atoms with Crippen LogP contribution in [0, 0.1) is 23.3 Å². The molecule has 75 heavy (non-hydrogen) atoms. The summed E-state index contributed by atoms with van der Waals surface area (Å²) in [6, 6.07) is 21.9. The maximum atomic E-state index is 13.8. The minimum Gasteiger partial charge on any atom is -0.390 e. The lowest BCUT2D eigenvalue weighted by molar-refractivity contribution is -0.122. The largest absolute Gasteiger partial charge is 0.390 e. The molecule has 4 atom stereocenters. The molecule has 412 valence electrons. The van der Waals surface area contributed by atoms with Gasteiger partial charge in [-0.1, -0.05) is 90.1 Å². The van der Waals surface area contributed by atoms with Crippen molar-refractivity contribution in [3.8, 4) is 0 Å². The number of benzene rings is 4. The Balaban J connectivity index is 0.000000309. The number of nitrogens with one attached hydrogen (secondary N) is 6.